The minimum absolute atomic E-state index is 0.192. The number of hydrogen-bond donors (Lipinski definition) is 2. The zero-order chi connectivity index (χ0) is 31.0. The average Bonchev–Trinajstić information content (AvgIpc) is 3.07. The van der Waals surface area contributed by atoms with Crippen LogP contribution in [0.25, 0.3) is 28.1 Å². The van der Waals surface area contributed by atoms with Crippen LogP contribution >= 0.6 is 11.6 Å². The van der Waals surface area contributed by atoms with E-state index in [9.17, 15) is 9.18 Å². The summed E-state index contributed by atoms with van der Waals surface area (Å²) in [5.74, 6) is 0.418. The number of hydroxylamine groups is 1. The fourth-order valence-electron chi connectivity index (χ4n) is 4.91. The van der Waals surface area contributed by atoms with Crippen molar-refractivity contribution in [2.45, 2.75) is 32.2 Å². The topological polar surface area (TPSA) is 94.6 Å². The van der Waals surface area contributed by atoms with Crippen molar-refractivity contribution in [1.82, 2.24) is 15.4 Å². The van der Waals surface area contributed by atoms with E-state index in [4.69, 9.17) is 25.9 Å². The average molecular weight is 625 g/mol. The number of carbonyl (C=O) groups is 1. The summed E-state index contributed by atoms with van der Waals surface area (Å²) in [7, 11) is 0. The molecule has 1 unspecified atom stereocenters. The SMILES string of the molecule is O=C(/C=C/c1cccc(-c2ccc3ncnc(Nc4ccc(OCc5cccc(F)c5)c(Cl)c4)c3c2)c1)NOC1CCCCO1. The van der Waals surface area contributed by atoms with Crippen molar-refractivity contribution >= 4 is 46.0 Å². The Hall–Kier alpha value is -4.83. The summed E-state index contributed by atoms with van der Waals surface area (Å²) in [5, 5.41) is 4.56. The van der Waals surface area contributed by atoms with E-state index in [1.54, 1.807) is 30.3 Å². The van der Waals surface area contributed by atoms with E-state index >= 15 is 0 Å². The lowest BCUT2D eigenvalue weighted by Gasteiger charge is -2.21. The van der Waals surface area contributed by atoms with Crippen LogP contribution in [-0.2, 0) is 21.0 Å². The van der Waals surface area contributed by atoms with E-state index in [0.717, 1.165) is 46.9 Å². The molecule has 2 heterocycles. The molecule has 1 aliphatic rings. The molecule has 6 rings (SSSR count). The van der Waals surface area contributed by atoms with Crippen molar-refractivity contribution in [3.8, 4) is 16.9 Å². The largest absolute Gasteiger partial charge is 0.487 e. The van der Waals surface area contributed by atoms with Gasteiger partial charge >= 0.3 is 0 Å². The highest BCUT2D eigenvalue weighted by molar-refractivity contribution is 6.32. The molecule has 5 aromatic rings. The second kappa shape index (κ2) is 14.3. The molecule has 2 N–H and O–H groups in total. The summed E-state index contributed by atoms with van der Waals surface area (Å²) in [6.07, 6.45) is 7.04. The van der Waals surface area contributed by atoms with E-state index in [-0.39, 0.29) is 18.3 Å². The Kier molecular flexibility index (Phi) is 9.60. The molecule has 0 spiro atoms. The molecule has 10 heteroatoms. The fraction of sp³-hybridized carbons (Fsp3) is 0.171. The molecule has 1 aliphatic heterocycles. The van der Waals surface area contributed by atoms with Crippen LogP contribution in [0.4, 0.5) is 15.9 Å². The second-order valence-corrected chi connectivity index (χ2v) is 10.9. The first-order chi connectivity index (χ1) is 22.0. The summed E-state index contributed by atoms with van der Waals surface area (Å²) in [4.78, 5) is 26.5. The van der Waals surface area contributed by atoms with E-state index in [1.807, 2.05) is 48.5 Å². The van der Waals surface area contributed by atoms with Crippen molar-refractivity contribution in [1.29, 1.82) is 0 Å². The first-order valence-corrected chi connectivity index (χ1v) is 14.9. The highest BCUT2D eigenvalue weighted by Gasteiger charge is 2.15. The first-order valence-electron chi connectivity index (χ1n) is 14.5. The Bertz CT molecular complexity index is 1840. The third-order valence-corrected chi connectivity index (χ3v) is 7.48. The van der Waals surface area contributed by atoms with Gasteiger partial charge in [-0.15, -0.1) is 0 Å². The van der Waals surface area contributed by atoms with Crippen LogP contribution < -0.4 is 15.5 Å². The van der Waals surface area contributed by atoms with Crippen molar-refractivity contribution in [3.63, 3.8) is 0 Å². The van der Waals surface area contributed by atoms with E-state index in [0.29, 0.717) is 34.4 Å². The van der Waals surface area contributed by atoms with Gasteiger partial charge in [0.2, 0.25) is 0 Å². The van der Waals surface area contributed by atoms with Crippen LogP contribution in [0, 0.1) is 5.82 Å². The van der Waals surface area contributed by atoms with Gasteiger partial charge in [-0.05, 0) is 89.7 Å². The molecule has 1 atom stereocenters. The quantitative estimate of drug-likeness (QED) is 0.120. The van der Waals surface area contributed by atoms with Crippen LogP contribution in [-0.4, -0.2) is 28.8 Å². The summed E-state index contributed by atoms with van der Waals surface area (Å²) >= 11 is 6.51. The Morgan fingerprint density at radius 3 is 2.73 bits per heavy atom. The lowest BCUT2D eigenvalue weighted by molar-refractivity contribution is -0.198. The summed E-state index contributed by atoms with van der Waals surface area (Å²) in [6, 6.07) is 25.4. The molecule has 0 aliphatic carbocycles. The number of benzene rings is 4. The summed E-state index contributed by atoms with van der Waals surface area (Å²) in [5.41, 5.74) is 7.40. The van der Waals surface area contributed by atoms with Crippen LogP contribution in [0.1, 0.15) is 30.4 Å². The highest BCUT2D eigenvalue weighted by atomic mass is 35.5. The highest BCUT2D eigenvalue weighted by Crippen LogP contribution is 2.32. The number of fused-ring (bicyclic) bond motifs is 1. The number of aromatic nitrogens is 2. The van der Waals surface area contributed by atoms with Crippen molar-refractivity contribution < 1.29 is 23.5 Å². The van der Waals surface area contributed by atoms with Crippen LogP contribution in [0.3, 0.4) is 0 Å². The minimum Gasteiger partial charge on any atom is -0.487 e. The normalized spacial score (nSPS) is 14.8. The molecule has 8 nitrogen and oxygen atoms in total. The van der Waals surface area contributed by atoms with E-state index in [2.05, 4.69) is 20.8 Å². The lowest BCUT2D eigenvalue weighted by Crippen LogP contribution is -2.32. The molecule has 1 fully saturated rings. The van der Waals surface area contributed by atoms with Crippen molar-refractivity contribution in [3.05, 3.63) is 119 Å². The first kappa shape index (κ1) is 30.2. The molecular formula is C35H30ClFN4O4. The molecule has 228 valence electrons. The summed E-state index contributed by atoms with van der Waals surface area (Å²) < 4.78 is 24.8. The van der Waals surface area contributed by atoms with Gasteiger partial charge in [0, 0.05) is 30.2 Å². The van der Waals surface area contributed by atoms with Crippen LogP contribution in [0.15, 0.2) is 97.3 Å². The van der Waals surface area contributed by atoms with Gasteiger partial charge in [-0.25, -0.2) is 24.7 Å². The van der Waals surface area contributed by atoms with Gasteiger partial charge in [-0.2, -0.15) is 0 Å². The van der Waals surface area contributed by atoms with Gasteiger partial charge < -0.3 is 14.8 Å². The maximum Gasteiger partial charge on any atom is 0.267 e. The van der Waals surface area contributed by atoms with Crippen molar-refractivity contribution in [2.24, 2.45) is 0 Å². The maximum absolute atomic E-state index is 13.5. The Morgan fingerprint density at radius 1 is 1.00 bits per heavy atom. The number of halogens is 2. The molecule has 1 saturated heterocycles. The fourth-order valence-corrected chi connectivity index (χ4v) is 5.15. The standard InChI is InChI=1S/C35H30ClFN4O4/c36-30-20-28(12-14-32(30)44-21-24-6-4-8-27(37)18-24)40-35-29-19-26(11-13-31(29)38-22-39-35)25-7-3-5-23(17-25)10-15-33(42)41-45-34-9-1-2-16-43-34/h3-8,10-15,17-20,22,34H,1-2,9,16,21H2,(H,41,42)(H,38,39,40)/b15-10+. The van der Waals surface area contributed by atoms with E-state index < -0.39 is 6.29 Å². The molecule has 0 saturated carbocycles. The van der Waals surface area contributed by atoms with Crippen LogP contribution in [0.2, 0.25) is 5.02 Å². The van der Waals surface area contributed by atoms with Gasteiger partial charge in [0.1, 0.15) is 30.3 Å². The molecule has 0 bridgehead atoms. The zero-order valence-corrected chi connectivity index (χ0v) is 25.0. The summed E-state index contributed by atoms with van der Waals surface area (Å²) in [6.45, 7) is 0.830. The number of ether oxygens (including phenoxy) is 2. The maximum atomic E-state index is 13.5. The van der Waals surface area contributed by atoms with Crippen LogP contribution in [0.5, 0.6) is 5.75 Å². The molecule has 1 aromatic heterocycles. The third kappa shape index (κ3) is 8.02. The third-order valence-electron chi connectivity index (χ3n) is 7.19. The molecular weight excluding hydrogens is 595 g/mol. The number of rotatable bonds is 10. The van der Waals surface area contributed by atoms with E-state index in [1.165, 1.54) is 24.5 Å². The number of carbonyl (C=O) groups excluding carboxylic acids is 1. The predicted molar refractivity (Wildman–Crippen MR) is 172 cm³/mol. The van der Waals surface area contributed by atoms with Gasteiger partial charge in [0.05, 0.1) is 10.5 Å². The lowest BCUT2D eigenvalue weighted by atomic mass is 10.0. The minimum atomic E-state index is -0.404. The molecule has 0 radical (unpaired) electrons. The van der Waals surface area contributed by atoms with Crippen molar-refractivity contribution in [2.75, 3.05) is 11.9 Å². The molecule has 45 heavy (non-hydrogen) atoms. The Morgan fingerprint density at radius 2 is 1.89 bits per heavy atom. The smallest absolute Gasteiger partial charge is 0.267 e. The van der Waals surface area contributed by atoms with Gasteiger partial charge in [0.15, 0.2) is 6.29 Å². The predicted octanol–water partition coefficient (Wildman–Crippen LogP) is 8.00. The monoisotopic (exact) mass is 624 g/mol. The van der Waals surface area contributed by atoms with Gasteiger partial charge in [-0.1, -0.05) is 48.0 Å². The van der Waals surface area contributed by atoms with Gasteiger partial charge in [-0.3, -0.25) is 4.79 Å². The number of amides is 1. The Balaban J connectivity index is 1.15. The molecule has 1 amide bonds. The second-order valence-electron chi connectivity index (χ2n) is 10.5. The number of anilines is 2. The molecule has 4 aromatic carbocycles. The zero-order valence-electron chi connectivity index (χ0n) is 24.2. The number of nitrogens with one attached hydrogen (secondary N) is 2. The Labute approximate surface area is 264 Å². The number of hydrogen-bond acceptors (Lipinski definition) is 7. The van der Waals surface area contributed by atoms with Gasteiger partial charge in [0.25, 0.3) is 5.91 Å². The number of nitrogens with zero attached hydrogens (tertiary/aromatic N) is 2.